The fourth-order valence-electron chi connectivity index (χ4n) is 2.32. The highest BCUT2D eigenvalue weighted by Gasteiger charge is 2.18. The lowest BCUT2D eigenvalue weighted by atomic mass is 10.1. The summed E-state index contributed by atoms with van der Waals surface area (Å²) in [7, 11) is 1.46. The van der Waals surface area contributed by atoms with Gasteiger partial charge in [-0.3, -0.25) is 4.79 Å². The van der Waals surface area contributed by atoms with E-state index in [9.17, 15) is 4.79 Å². The van der Waals surface area contributed by atoms with Gasteiger partial charge in [0, 0.05) is 0 Å². The fourth-order valence-corrected chi connectivity index (χ4v) is 3.56. The maximum atomic E-state index is 11.5. The van der Waals surface area contributed by atoms with Crippen LogP contribution in [0.25, 0.3) is 0 Å². The molecule has 0 aromatic carbocycles. The molecule has 0 heterocycles. The van der Waals surface area contributed by atoms with Gasteiger partial charge >= 0.3 is 5.97 Å². The van der Waals surface area contributed by atoms with Crippen LogP contribution in [0.3, 0.4) is 0 Å². The number of carbonyl (C=O) groups excluding carboxylic acids is 1. The summed E-state index contributed by atoms with van der Waals surface area (Å²) in [5.74, 6) is 3.10. The molecule has 1 rings (SSSR count). The molecule has 4 heteroatoms. The Hall–Kier alpha value is -0.220. The Morgan fingerprint density at radius 1 is 1.47 bits per heavy atom. The molecule has 1 aliphatic carbocycles. The molecule has 1 atom stereocenters. The Morgan fingerprint density at radius 3 is 2.76 bits per heavy atom. The third-order valence-corrected chi connectivity index (χ3v) is 4.55. The monoisotopic (exact) mass is 259 g/mol. The van der Waals surface area contributed by atoms with E-state index in [0.717, 1.165) is 24.6 Å². The normalized spacial score (nSPS) is 18.2. The van der Waals surface area contributed by atoms with Gasteiger partial charge in [-0.15, -0.1) is 0 Å². The topological polar surface area (TPSA) is 38.3 Å². The van der Waals surface area contributed by atoms with Gasteiger partial charge in [0.2, 0.25) is 0 Å². The zero-order valence-corrected chi connectivity index (χ0v) is 11.9. The van der Waals surface area contributed by atoms with E-state index in [0.29, 0.717) is 0 Å². The number of thioether (sulfide) groups is 1. The first-order chi connectivity index (χ1) is 8.27. The summed E-state index contributed by atoms with van der Waals surface area (Å²) >= 11 is 1.98. The van der Waals surface area contributed by atoms with Crippen LogP contribution < -0.4 is 5.32 Å². The number of hydrogen-bond acceptors (Lipinski definition) is 4. The van der Waals surface area contributed by atoms with Gasteiger partial charge in [0.25, 0.3) is 0 Å². The molecule has 1 fully saturated rings. The average molecular weight is 259 g/mol. The number of methoxy groups -OCH3 is 1. The summed E-state index contributed by atoms with van der Waals surface area (Å²) in [6.45, 7) is 2.83. The summed E-state index contributed by atoms with van der Waals surface area (Å²) in [5.41, 5.74) is 0. The van der Waals surface area contributed by atoms with Crippen molar-refractivity contribution in [3.05, 3.63) is 0 Å². The van der Waals surface area contributed by atoms with Crippen LogP contribution in [0.1, 0.15) is 39.0 Å². The second-order valence-electron chi connectivity index (χ2n) is 4.65. The number of likely N-dealkylation sites (N-methyl/N-ethyl adjacent to an activating group) is 1. The lowest BCUT2D eigenvalue weighted by Crippen LogP contribution is -2.37. The number of hydrogen-bond donors (Lipinski definition) is 1. The van der Waals surface area contributed by atoms with Crippen LogP contribution in [0.4, 0.5) is 0 Å². The molecule has 0 saturated heterocycles. The van der Waals surface area contributed by atoms with Crippen molar-refractivity contribution >= 4 is 17.7 Å². The maximum Gasteiger partial charge on any atom is 0.322 e. The highest BCUT2D eigenvalue weighted by Crippen LogP contribution is 2.28. The van der Waals surface area contributed by atoms with Crippen LogP contribution in [0.2, 0.25) is 0 Å². The molecule has 0 radical (unpaired) electrons. The Labute approximate surface area is 109 Å². The zero-order valence-electron chi connectivity index (χ0n) is 11.0. The van der Waals surface area contributed by atoms with E-state index in [-0.39, 0.29) is 12.0 Å². The molecule has 1 N–H and O–H groups in total. The largest absolute Gasteiger partial charge is 0.468 e. The third kappa shape index (κ3) is 5.77. The second kappa shape index (κ2) is 8.81. The molecular formula is C13H25NO2S. The Kier molecular flexibility index (Phi) is 7.69. The van der Waals surface area contributed by atoms with Gasteiger partial charge in [0.1, 0.15) is 6.04 Å². The quantitative estimate of drug-likeness (QED) is 0.537. The molecule has 0 aliphatic heterocycles. The summed E-state index contributed by atoms with van der Waals surface area (Å²) < 4.78 is 4.78. The minimum atomic E-state index is -0.131. The van der Waals surface area contributed by atoms with Gasteiger partial charge in [-0.2, -0.15) is 11.8 Å². The van der Waals surface area contributed by atoms with Crippen LogP contribution in [0.15, 0.2) is 0 Å². The van der Waals surface area contributed by atoms with E-state index in [2.05, 4.69) is 5.32 Å². The summed E-state index contributed by atoms with van der Waals surface area (Å²) in [6.07, 6.45) is 6.50. The van der Waals surface area contributed by atoms with Crippen LogP contribution >= 0.6 is 11.8 Å². The highest BCUT2D eigenvalue weighted by molar-refractivity contribution is 7.99. The lowest BCUT2D eigenvalue weighted by molar-refractivity contribution is -0.143. The Balaban J connectivity index is 2.10. The number of ether oxygens (including phenoxy) is 1. The predicted molar refractivity (Wildman–Crippen MR) is 73.4 cm³/mol. The zero-order chi connectivity index (χ0) is 12.5. The molecule has 0 amide bonds. The van der Waals surface area contributed by atoms with Crippen LogP contribution in [-0.2, 0) is 9.53 Å². The van der Waals surface area contributed by atoms with Crippen LogP contribution in [0.5, 0.6) is 0 Å². The molecular weight excluding hydrogens is 234 g/mol. The van der Waals surface area contributed by atoms with Crippen LogP contribution in [-0.4, -0.2) is 37.2 Å². The Bertz CT molecular complexity index is 217. The van der Waals surface area contributed by atoms with E-state index in [1.165, 1.54) is 38.5 Å². The van der Waals surface area contributed by atoms with Gasteiger partial charge in [0.15, 0.2) is 0 Å². The van der Waals surface area contributed by atoms with Gasteiger partial charge in [-0.05, 0) is 43.2 Å². The van der Waals surface area contributed by atoms with Gasteiger partial charge in [-0.1, -0.05) is 19.8 Å². The van der Waals surface area contributed by atoms with E-state index < -0.39 is 0 Å². The molecule has 3 nitrogen and oxygen atoms in total. The van der Waals surface area contributed by atoms with Gasteiger partial charge < -0.3 is 10.1 Å². The molecule has 0 aromatic rings. The van der Waals surface area contributed by atoms with Crippen molar-refractivity contribution in [2.24, 2.45) is 5.92 Å². The number of rotatable bonds is 8. The minimum Gasteiger partial charge on any atom is -0.468 e. The number of carbonyl (C=O) groups is 1. The van der Waals surface area contributed by atoms with Crippen molar-refractivity contribution in [2.45, 2.75) is 45.1 Å². The minimum absolute atomic E-state index is 0.124. The van der Waals surface area contributed by atoms with Gasteiger partial charge in [-0.25, -0.2) is 0 Å². The molecule has 1 saturated carbocycles. The van der Waals surface area contributed by atoms with E-state index >= 15 is 0 Å². The number of nitrogens with one attached hydrogen (secondary N) is 1. The third-order valence-electron chi connectivity index (χ3n) is 3.32. The van der Waals surface area contributed by atoms with Crippen molar-refractivity contribution in [2.75, 3.05) is 25.2 Å². The first kappa shape index (κ1) is 14.8. The first-order valence-electron chi connectivity index (χ1n) is 6.66. The fraction of sp³-hybridized carbons (Fsp3) is 0.923. The standard InChI is InChI=1S/C13H25NO2S/c1-3-14-12(13(15)16-2)8-9-17-10-11-6-4-5-7-11/h11-12,14H,3-10H2,1-2H3. The van der Waals surface area contributed by atoms with Crippen molar-refractivity contribution in [1.29, 1.82) is 0 Å². The van der Waals surface area contributed by atoms with Crippen molar-refractivity contribution in [1.82, 2.24) is 5.32 Å². The second-order valence-corrected chi connectivity index (χ2v) is 5.80. The van der Waals surface area contributed by atoms with Gasteiger partial charge in [0.05, 0.1) is 7.11 Å². The molecule has 0 bridgehead atoms. The van der Waals surface area contributed by atoms with E-state index in [1.54, 1.807) is 0 Å². The SMILES string of the molecule is CCNC(CCSCC1CCCC1)C(=O)OC. The lowest BCUT2D eigenvalue weighted by Gasteiger charge is -2.15. The summed E-state index contributed by atoms with van der Waals surface area (Å²) in [6, 6.07) is -0.124. The molecule has 0 spiro atoms. The van der Waals surface area contributed by atoms with Crippen molar-refractivity contribution in [3.8, 4) is 0 Å². The highest BCUT2D eigenvalue weighted by atomic mass is 32.2. The summed E-state index contributed by atoms with van der Waals surface area (Å²) in [5, 5.41) is 3.17. The average Bonchev–Trinajstić information content (AvgIpc) is 2.85. The molecule has 1 aliphatic rings. The predicted octanol–water partition coefficient (Wildman–Crippen LogP) is 2.45. The smallest absolute Gasteiger partial charge is 0.322 e. The molecule has 17 heavy (non-hydrogen) atoms. The molecule has 0 aromatic heterocycles. The molecule has 100 valence electrons. The number of esters is 1. The van der Waals surface area contributed by atoms with Crippen molar-refractivity contribution < 1.29 is 9.53 Å². The molecule has 1 unspecified atom stereocenters. The van der Waals surface area contributed by atoms with E-state index in [4.69, 9.17) is 4.74 Å². The van der Waals surface area contributed by atoms with Crippen molar-refractivity contribution in [3.63, 3.8) is 0 Å². The van der Waals surface area contributed by atoms with E-state index in [1.807, 2.05) is 18.7 Å². The maximum absolute atomic E-state index is 11.5. The first-order valence-corrected chi connectivity index (χ1v) is 7.82. The van der Waals surface area contributed by atoms with Crippen LogP contribution in [0, 0.1) is 5.92 Å². The Morgan fingerprint density at radius 2 is 2.18 bits per heavy atom. The summed E-state index contributed by atoms with van der Waals surface area (Å²) in [4.78, 5) is 11.5.